The van der Waals surface area contributed by atoms with Gasteiger partial charge in [-0.3, -0.25) is 0 Å². The Morgan fingerprint density at radius 3 is 2.10 bits per heavy atom. The maximum absolute atomic E-state index is 10.7. The molecule has 10 atom stereocenters. The predicted octanol–water partition coefficient (Wildman–Crippen LogP) is -0.537. The molecule has 0 radical (unpaired) electrons. The minimum Gasteiger partial charge on any atom is -0.394 e. The fourth-order valence-corrected chi connectivity index (χ4v) is 4.75. The SMILES string of the molecule is CCCSCC1O[C@@H](OCC)C(O)C(O)C1O[C@@H]1OC(CO)C(CC)C(O)C1O. The van der Waals surface area contributed by atoms with Crippen molar-refractivity contribution >= 4 is 11.8 Å². The quantitative estimate of drug-likeness (QED) is 0.282. The van der Waals surface area contributed by atoms with E-state index in [1.165, 1.54) is 0 Å². The van der Waals surface area contributed by atoms with Crippen molar-refractivity contribution < 1.29 is 44.5 Å². The molecule has 0 spiro atoms. The molecule has 2 aliphatic heterocycles. The number of hydrogen-bond donors (Lipinski definition) is 5. The number of hydrogen-bond acceptors (Lipinski definition) is 10. The predicted molar refractivity (Wildman–Crippen MR) is 106 cm³/mol. The zero-order valence-electron chi connectivity index (χ0n) is 17.3. The van der Waals surface area contributed by atoms with Gasteiger partial charge in [0.1, 0.15) is 24.4 Å². The van der Waals surface area contributed by atoms with Gasteiger partial charge < -0.3 is 44.5 Å². The lowest BCUT2D eigenvalue weighted by Gasteiger charge is -2.47. The molecule has 0 bridgehead atoms. The molecule has 172 valence electrons. The van der Waals surface area contributed by atoms with Crippen LogP contribution in [0.5, 0.6) is 0 Å². The zero-order valence-corrected chi connectivity index (χ0v) is 18.1. The van der Waals surface area contributed by atoms with Crippen molar-refractivity contribution in [1.29, 1.82) is 0 Å². The van der Waals surface area contributed by atoms with E-state index in [0.29, 0.717) is 18.8 Å². The van der Waals surface area contributed by atoms with Crippen LogP contribution in [0.1, 0.15) is 33.6 Å². The Bertz CT molecular complexity index is 469. The summed E-state index contributed by atoms with van der Waals surface area (Å²) in [4.78, 5) is 0. The number of aliphatic hydroxyl groups excluding tert-OH is 5. The van der Waals surface area contributed by atoms with Gasteiger partial charge in [0.05, 0.1) is 24.9 Å². The molecule has 9 nitrogen and oxygen atoms in total. The highest BCUT2D eigenvalue weighted by molar-refractivity contribution is 7.99. The van der Waals surface area contributed by atoms with Gasteiger partial charge in [-0.15, -0.1) is 0 Å². The third-order valence-electron chi connectivity index (χ3n) is 5.40. The lowest BCUT2D eigenvalue weighted by Crippen LogP contribution is -2.63. The molecule has 5 N–H and O–H groups in total. The highest BCUT2D eigenvalue weighted by Gasteiger charge is 2.50. The van der Waals surface area contributed by atoms with Crippen LogP contribution in [0.4, 0.5) is 0 Å². The summed E-state index contributed by atoms with van der Waals surface area (Å²) in [5.74, 6) is 0.931. The minimum absolute atomic E-state index is 0.308. The van der Waals surface area contributed by atoms with Crippen LogP contribution in [0.2, 0.25) is 0 Å². The lowest BCUT2D eigenvalue weighted by molar-refractivity contribution is -0.351. The number of aliphatic hydroxyl groups is 5. The van der Waals surface area contributed by atoms with Gasteiger partial charge in [0, 0.05) is 18.3 Å². The molecule has 0 aliphatic carbocycles. The monoisotopic (exact) mass is 440 g/mol. The summed E-state index contributed by atoms with van der Waals surface area (Å²) in [6, 6.07) is 0. The van der Waals surface area contributed by atoms with Crippen LogP contribution in [-0.4, -0.2) is 106 Å². The van der Waals surface area contributed by atoms with E-state index in [1.54, 1.807) is 18.7 Å². The van der Waals surface area contributed by atoms with E-state index in [1.807, 2.05) is 6.92 Å². The molecule has 10 heteroatoms. The molecule has 0 aromatic carbocycles. The van der Waals surface area contributed by atoms with Crippen molar-refractivity contribution in [2.24, 2.45) is 5.92 Å². The van der Waals surface area contributed by atoms with E-state index in [4.69, 9.17) is 18.9 Å². The molecule has 2 aliphatic rings. The van der Waals surface area contributed by atoms with Crippen molar-refractivity contribution in [3.8, 4) is 0 Å². The summed E-state index contributed by atoms with van der Waals surface area (Å²) in [6.07, 6.45) is -8.30. The number of thioether (sulfide) groups is 1. The summed E-state index contributed by atoms with van der Waals surface area (Å²) in [5, 5.41) is 51.5. The van der Waals surface area contributed by atoms with Crippen molar-refractivity contribution in [2.45, 2.75) is 88.9 Å². The van der Waals surface area contributed by atoms with Gasteiger partial charge in [0.25, 0.3) is 0 Å². The van der Waals surface area contributed by atoms with Gasteiger partial charge in [0.15, 0.2) is 12.6 Å². The molecule has 2 fully saturated rings. The van der Waals surface area contributed by atoms with E-state index in [2.05, 4.69) is 6.92 Å². The van der Waals surface area contributed by atoms with Crippen molar-refractivity contribution in [3.05, 3.63) is 0 Å². The molecule has 2 rings (SSSR count). The van der Waals surface area contributed by atoms with E-state index in [0.717, 1.165) is 12.2 Å². The van der Waals surface area contributed by atoms with Gasteiger partial charge in [-0.05, 0) is 25.5 Å². The van der Waals surface area contributed by atoms with Gasteiger partial charge in [-0.25, -0.2) is 0 Å². The molecule has 0 aromatic heterocycles. The van der Waals surface area contributed by atoms with Gasteiger partial charge in [-0.1, -0.05) is 13.8 Å². The van der Waals surface area contributed by atoms with Crippen LogP contribution < -0.4 is 0 Å². The van der Waals surface area contributed by atoms with Crippen LogP contribution in [0, 0.1) is 5.92 Å². The fourth-order valence-electron chi connectivity index (χ4n) is 3.79. The highest BCUT2D eigenvalue weighted by Crippen LogP contribution is 2.33. The average Bonchev–Trinajstić information content (AvgIpc) is 2.71. The largest absolute Gasteiger partial charge is 0.394 e. The summed E-state index contributed by atoms with van der Waals surface area (Å²) in [7, 11) is 0. The topological polar surface area (TPSA) is 138 Å². The highest BCUT2D eigenvalue weighted by atomic mass is 32.2. The smallest absolute Gasteiger partial charge is 0.187 e. The van der Waals surface area contributed by atoms with E-state index in [9.17, 15) is 25.5 Å². The van der Waals surface area contributed by atoms with Crippen LogP contribution in [0.3, 0.4) is 0 Å². The average molecular weight is 441 g/mol. The first-order valence-electron chi connectivity index (χ1n) is 10.4. The van der Waals surface area contributed by atoms with Crippen molar-refractivity contribution in [1.82, 2.24) is 0 Å². The normalized spacial score (nSPS) is 43.4. The third-order valence-corrected chi connectivity index (χ3v) is 6.66. The van der Waals surface area contributed by atoms with Crippen LogP contribution in [-0.2, 0) is 18.9 Å². The van der Waals surface area contributed by atoms with E-state index < -0.39 is 61.2 Å². The van der Waals surface area contributed by atoms with Gasteiger partial charge in [-0.2, -0.15) is 11.8 Å². The molecule has 8 unspecified atom stereocenters. The Kier molecular flexibility index (Phi) is 10.6. The van der Waals surface area contributed by atoms with Gasteiger partial charge in [0.2, 0.25) is 0 Å². The Balaban J connectivity index is 2.15. The summed E-state index contributed by atoms with van der Waals surface area (Å²) in [5.41, 5.74) is 0. The first-order chi connectivity index (χ1) is 13.9. The molecule has 0 aromatic rings. The van der Waals surface area contributed by atoms with Crippen molar-refractivity contribution in [2.75, 3.05) is 24.7 Å². The fraction of sp³-hybridized carbons (Fsp3) is 1.00. The molecule has 0 saturated carbocycles. The maximum atomic E-state index is 10.7. The van der Waals surface area contributed by atoms with Crippen LogP contribution in [0.25, 0.3) is 0 Å². The van der Waals surface area contributed by atoms with E-state index in [-0.39, 0.29) is 6.61 Å². The first kappa shape index (κ1) is 25.3. The second-order valence-electron chi connectivity index (χ2n) is 7.43. The van der Waals surface area contributed by atoms with Crippen molar-refractivity contribution in [3.63, 3.8) is 0 Å². The zero-order chi connectivity index (χ0) is 21.6. The third kappa shape index (κ3) is 6.03. The van der Waals surface area contributed by atoms with Crippen LogP contribution >= 0.6 is 11.8 Å². The molecule has 2 heterocycles. The first-order valence-corrected chi connectivity index (χ1v) is 11.5. The molecule has 29 heavy (non-hydrogen) atoms. The second kappa shape index (κ2) is 12.1. The number of rotatable bonds is 10. The maximum Gasteiger partial charge on any atom is 0.187 e. The lowest BCUT2D eigenvalue weighted by atomic mass is 9.87. The molecule has 2 saturated heterocycles. The Hall–Kier alpha value is -0.0100. The second-order valence-corrected chi connectivity index (χ2v) is 8.58. The van der Waals surface area contributed by atoms with Gasteiger partial charge >= 0.3 is 0 Å². The summed E-state index contributed by atoms with van der Waals surface area (Å²) < 4.78 is 22.8. The Labute approximate surface area is 176 Å². The van der Waals surface area contributed by atoms with E-state index >= 15 is 0 Å². The molecular formula is C19H36O9S. The number of ether oxygens (including phenoxy) is 4. The summed E-state index contributed by atoms with van der Waals surface area (Å²) >= 11 is 1.61. The Morgan fingerprint density at radius 2 is 1.52 bits per heavy atom. The van der Waals surface area contributed by atoms with Crippen LogP contribution in [0.15, 0.2) is 0 Å². The Morgan fingerprint density at radius 1 is 0.862 bits per heavy atom. The molecular weight excluding hydrogens is 404 g/mol. The summed E-state index contributed by atoms with van der Waals surface area (Å²) in [6.45, 7) is 5.62. The minimum atomic E-state index is -1.36. The standard InChI is InChI=1S/C19H36O9S/c1-4-7-29-9-12-17(14(22)16(24)18(27-12)25-6-3)28-19-15(23)13(21)10(5-2)11(8-20)26-19/h10-24H,4-9H2,1-3H3/t10?,11?,12?,13?,14?,15?,16?,17?,18-,19+/m1/s1. The molecule has 0 amide bonds.